The normalized spacial score (nSPS) is 15.1. The Morgan fingerprint density at radius 1 is 1.09 bits per heavy atom. The molecule has 0 saturated carbocycles. The number of aryl methyl sites for hydroxylation is 2. The van der Waals surface area contributed by atoms with Gasteiger partial charge >= 0.3 is 0 Å². The summed E-state index contributed by atoms with van der Waals surface area (Å²) < 4.78 is 32.5. The van der Waals surface area contributed by atoms with Crippen molar-refractivity contribution in [3.63, 3.8) is 0 Å². The Morgan fingerprint density at radius 3 is 2.62 bits per heavy atom. The quantitative estimate of drug-likeness (QED) is 0.553. The Hall–Kier alpha value is -2.46. The predicted molar refractivity (Wildman–Crippen MR) is 127 cm³/mol. The number of ether oxygens (including phenoxy) is 1. The van der Waals surface area contributed by atoms with Gasteiger partial charge in [-0.3, -0.25) is 4.79 Å². The molecular formula is C23H25N3O4S2. The van der Waals surface area contributed by atoms with E-state index in [1.807, 2.05) is 44.2 Å². The molecule has 3 aromatic rings. The zero-order valence-electron chi connectivity index (χ0n) is 18.0. The van der Waals surface area contributed by atoms with E-state index < -0.39 is 10.0 Å². The average molecular weight is 472 g/mol. The molecule has 1 aliphatic rings. The number of hydrogen-bond donors (Lipinski definition) is 1. The first-order valence-electron chi connectivity index (χ1n) is 10.3. The van der Waals surface area contributed by atoms with Crippen molar-refractivity contribution < 1.29 is 17.9 Å². The van der Waals surface area contributed by atoms with Crippen LogP contribution in [0.1, 0.15) is 11.1 Å². The molecule has 1 N–H and O–H groups in total. The number of sulfonamides is 1. The number of carbonyl (C=O) groups is 1. The van der Waals surface area contributed by atoms with Crippen LogP contribution in [0.5, 0.6) is 0 Å². The highest BCUT2D eigenvalue weighted by atomic mass is 32.2. The zero-order chi connectivity index (χ0) is 22.7. The molecule has 0 spiro atoms. The maximum absolute atomic E-state index is 12.9. The highest BCUT2D eigenvalue weighted by molar-refractivity contribution is 7.99. The molecule has 2 aromatic carbocycles. The summed E-state index contributed by atoms with van der Waals surface area (Å²) in [4.78, 5) is 17.4. The number of nitrogens with zero attached hydrogens (tertiary/aromatic N) is 2. The maximum atomic E-state index is 12.9. The van der Waals surface area contributed by atoms with E-state index in [2.05, 4.69) is 10.3 Å². The number of carbonyl (C=O) groups excluding carboxylic acids is 1. The highest BCUT2D eigenvalue weighted by Gasteiger charge is 2.26. The minimum Gasteiger partial charge on any atom is -0.379 e. The van der Waals surface area contributed by atoms with E-state index >= 15 is 0 Å². The van der Waals surface area contributed by atoms with Gasteiger partial charge in [-0.25, -0.2) is 13.4 Å². The van der Waals surface area contributed by atoms with Crippen LogP contribution >= 0.6 is 11.8 Å². The molecule has 0 radical (unpaired) electrons. The average Bonchev–Trinajstić information content (AvgIpc) is 2.80. The fourth-order valence-corrected chi connectivity index (χ4v) is 5.76. The van der Waals surface area contributed by atoms with Crippen molar-refractivity contribution in [1.82, 2.24) is 9.29 Å². The first-order valence-corrected chi connectivity index (χ1v) is 12.7. The van der Waals surface area contributed by atoms with Crippen LogP contribution in [0, 0.1) is 13.8 Å². The van der Waals surface area contributed by atoms with Crippen LogP contribution in [0.4, 0.5) is 5.69 Å². The molecule has 9 heteroatoms. The summed E-state index contributed by atoms with van der Waals surface area (Å²) >= 11 is 1.35. The molecule has 32 heavy (non-hydrogen) atoms. The molecular weight excluding hydrogens is 446 g/mol. The fraction of sp³-hybridized carbons (Fsp3) is 0.304. The molecule has 1 amide bonds. The first kappa shape index (κ1) is 22.7. The van der Waals surface area contributed by atoms with Crippen LogP contribution in [-0.4, -0.2) is 55.7 Å². The summed E-state index contributed by atoms with van der Waals surface area (Å²) in [5.74, 6) is -0.0448. The van der Waals surface area contributed by atoms with Crippen molar-refractivity contribution in [3.8, 4) is 0 Å². The van der Waals surface area contributed by atoms with Gasteiger partial charge in [-0.15, -0.1) is 0 Å². The third-order valence-corrected chi connectivity index (χ3v) is 8.15. The summed E-state index contributed by atoms with van der Waals surface area (Å²) in [6.07, 6.45) is 0. The van der Waals surface area contributed by atoms with Crippen LogP contribution < -0.4 is 5.32 Å². The molecule has 1 fully saturated rings. The second-order valence-corrected chi connectivity index (χ2v) is 10.6. The Balaban J connectivity index is 1.46. The van der Waals surface area contributed by atoms with E-state index in [4.69, 9.17) is 4.74 Å². The third kappa shape index (κ3) is 4.96. The lowest BCUT2D eigenvalue weighted by Gasteiger charge is -2.26. The van der Waals surface area contributed by atoms with Crippen LogP contribution in [-0.2, 0) is 19.6 Å². The molecule has 1 saturated heterocycles. The molecule has 0 aliphatic carbocycles. The van der Waals surface area contributed by atoms with Gasteiger partial charge in [0, 0.05) is 24.2 Å². The highest BCUT2D eigenvalue weighted by Crippen LogP contribution is 2.26. The van der Waals surface area contributed by atoms with Crippen molar-refractivity contribution in [2.45, 2.75) is 23.8 Å². The molecule has 0 atom stereocenters. The monoisotopic (exact) mass is 471 g/mol. The Morgan fingerprint density at radius 2 is 1.84 bits per heavy atom. The molecule has 4 rings (SSSR count). The van der Waals surface area contributed by atoms with E-state index in [0.717, 1.165) is 27.1 Å². The second-order valence-electron chi connectivity index (χ2n) is 7.62. The molecule has 0 bridgehead atoms. The minimum atomic E-state index is -3.63. The smallest absolute Gasteiger partial charge is 0.243 e. The number of thioether (sulfide) groups is 1. The number of anilines is 1. The summed E-state index contributed by atoms with van der Waals surface area (Å²) in [5.41, 5.74) is 3.29. The summed E-state index contributed by atoms with van der Waals surface area (Å²) in [7, 11) is -3.63. The van der Waals surface area contributed by atoms with Gasteiger partial charge in [0.05, 0.1) is 34.4 Å². The summed E-state index contributed by atoms with van der Waals surface area (Å²) in [6, 6.07) is 14.7. The Labute approximate surface area is 192 Å². The first-order chi connectivity index (χ1) is 15.3. The van der Waals surface area contributed by atoms with E-state index in [9.17, 15) is 13.2 Å². The fourth-order valence-electron chi connectivity index (χ4n) is 3.55. The van der Waals surface area contributed by atoms with Gasteiger partial charge in [0.25, 0.3) is 0 Å². The standard InChI is InChI=1S/C23H25N3O4S2/c1-16-7-8-18(32(28,29)26-9-11-30-12-10-26)14-21(16)24-22(27)15-31-23-13-17(2)19-5-3-4-6-20(19)25-23/h3-8,13-14H,9-12,15H2,1-2H3,(H,24,27). The number of nitrogens with one attached hydrogen (secondary N) is 1. The van der Waals surface area contributed by atoms with E-state index in [0.29, 0.717) is 32.0 Å². The summed E-state index contributed by atoms with van der Waals surface area (Å²) in [6.45, 7) is 5.28. The van der Waals surface area contributed by atoms with Crippen LogP contribution in [0.3, 0.4) is 0 Å². The van der Waals surface area contributed by atoms with E-state index in [1.165, 1.54) is 22.1 Å². The van der Waals surface area contributed by atoms with Gasteiger partial charge in [-0.2, -0.15) is 4.31 Å². The number of pyridine rings is 1. The van der Waals surface area contributed by atoms with Gasteiger partial charge in [0.15, 0.2) is 0 Å². The lowest BCUT2D eigenvalue weighted by molar-refractivity contribution is -0.113. The number of hydrogen-bond acceptors (Lipinski definition) is 6. The third-order valence-electron chi connectivity index (χ3n) is 5.34. The van der Waals surface area contributed by atoms with Gasteiger partial charge in [-0.05, 0) is 49.2 Å². The Bertz CT molecular complexity index is 1260. The number of rotatable bonds is 6. The number of para-hydroxylation sites is 1. The van der Waals surface area contributed by atoms with Gasteiger partial charge in [0.2, 0.25) is 15.9 Å². The molecule has 7 nitrogen and oxygen atoms in total. The molecule has 0 unspecified atom stereocenters. The van der Waals surface area contributed by atoms with Gasteiger partial charge < -0.3 is 10.1 Å². The molecule has 1 aliphatic heterocycles. The molecule has 1 aromatic heterocycles. The number of fused-ring (bicyclic) bond motifs is 1. The molecule has 2 heterocycles. The van der Waals surface area contributed by atoms with Crippen molar-refractivity contribution in [1.29, 1.82) is 0 Å². The second kappa shape index (κ2) is 9.58. The van der Waals surface area contributed by atoms with Crippen LogP contribution in [0.2, 0.25) is 0 Å². The summed E-state index contributed by atoms with van der Waals surface area (Å²) in [5, 5.41) is 4.72. The SMILES string of the molecule is Cc1ccc(S(=O)(=O)N2CCOCC2)cc1NC(=O)CSc1cc(C)c2ccccc2n1. The molecule has 168 valence electrons. The predicted octanol–water partition coefficient (Wildman–Crippen LogP) is 3.60. The minimum absolute atomic E-state index is 0.166. The Kier molecular flexibility index (Phi) is 6.80. The number of morpholine rings is 1. The van der Waals surface area contributed by atoms with E-state index in [-0.39, 0.29) is 16.6 Å². The van der Waals surface area contributed by atoms with Crippen molar-refractivity contribution in [2.75, 3.05) is 37.4 Å². The van der Waals surface area contributed by atoms with Crippen molar-refractivity contribution in [2.24, 2.45) is 0 Å². The van der Waals surface area contributed by atoms with Crippen LogP contribution in [0.25, 0.3) is 10.9 Å². The van der Waals surface area contributed by atoms with Crippen molar-refractivity contribution in [3.05, 3.63) is 59.7 Å². The number of benzene rings is 2. The van der Waals surface area contributed by atoms with Gasteiger partial charge in [-0.1, -0.05) is 36.0 Å². The van der Waals surface area contributed by atoms with Crippen molar-refractivity contribution >= 4 is 44.3 Å². The lowest BCUT2D eigenvalue weighted by atomic mass is 10.1. The lowest BCUT2D eigenvalue weighted by Crippen LogP contribution is -2.40. The number of aromatic nitrogens is 1. The zero-order valence-corrected chi connectivity index (χ0v) is 19.6. The number of amides is 1. The van der Waals surface area contributed by atoms with E-state index in [1.54, 1.807) is 12.1 Å². The van der Waals surface area contributed by atoms with Gasteiger partial charge in [0.1, 0.15) is 0 Å². The van der Waals surface area contributed by atoms with Crippen LogP contribution in [0.15, 0.2) is 58.5 Å². The largest absolute Gasteiger partial charge is 0.379 e. The maximum Gasteiger partial charge on any atom is 0.243 e. The topological polar surface area (TPSA) is 88.6 Å².